The smallest absolute Gasteiger partial charge is 0.404 e. The van der Waals surface area contributed by atoms with Gasteiger partial charge in [0.1, 0.15) is 0 Å². The minimum atomic E-state index is -1.09. The van der Waals surface area contributed by atoms with E-state index in [-0.39, 0.29) is 28.8 Å². The number of aromatic nitrogens is 1. The summed E-state index contributed by atoms with van der Waals surface area (Å²) in [6.45, 7) is 3.62. The Morgan fingerprint density at radius 2 is 1.83 bits per heavy atom. The fraction of sp³-hybridized carbons (Fsp3) is 0.346. The topological polar surface area (TPSA) is 112 Å². The molecule has 0 bridgehead atoms. The first-order valence-corrected chi connectivity index (χ1v) is 11.9. The molecule has 0 aliphatic heterocycles. The number of carboxylic acid groups (broad SMARTS) is 1. The van der Waals surface area contributed by atoms with Crippen LogP contribution in [0, 0.1) is 11.7 Å². The van der Waals surface area contributed by atoms with Gasteiger partial charge in [0, 0.05) is 23.5 Å². The Hall–Kier alpha value is -3.39. The minimum Gasteiger partial charge on any atom is -0.504 e. The van der Waals surface area contributed by atoms with Crippen molar-refractivity contribution in [3.05, 3.63) is 52.9 Å². The summed E-state index contributed by atoms with van der Waals surface area (Å²) in [5, 5.41) is 25.6. The van der Waals surface area contributed by atoms with Crippen molar-refractivity contribution < 1.29 is 24.2 Å². The van der Waals surface area contributed by atoms with Crippen LogP contribution in [0.15, 0.2) is 36.5 Å². The molecule has 3 aromatic rings. The fourth-order valence-electron chi connectivity index (χ4n) is 4.58. The SMILES string of the molecule is CC(C)C(=O)c1cnc2ccc(-c3cc(F)c(O)c(Cl)c3)cc2c1NC1CCCCC1NC(=O)O. The summed E-state index contributed by atoms with van der Waals surface area (Å²) >= 11 is 5.99. The van der Waals surface area contributed by atoms with Gasteiger partial charge in [-0.25, -0.2) is 9.18 Å². The van der Waals surface area contributed by atoms with E-state index in [2.05, 4.69) is 15.6 Å². The van der Waals surface area contributed by atoms with Gasteiger partial charge < -0.3 is 20.8 Å². The Kier molecular flexibility index (Phi) is 7.12. The van der Waals surface area contributed by atoms with Crippen molar-refractivity contribution in [2.24, 2.45) is 5.92 Å². The highest BCUT2D eigenvalue weighted by atomic mass is 35.5. The lowest BCUT2D eigenvalue weighted by molar-refractivity contribution is 0.0939. The van der Waals surface area contributed by atoms with Crippen LogP contribution in [0.25, 0.3) is 22.0 Å². The lowest BCUT2D eigenvalue weighted by Gasteiger charge is -2.33. The lowest BCUT2D eigenvalue weighted by atomic mass is 9.89. The number of nitrogens with one attached hydrogen (secondary N) is 2. The summed E-state index contributed by atoms with van der Waals surface area (Å²) in [5.74, 6) is -1.82. The molecule has 1 aliphatic carbocycles. The number of pyridine rings is 1. The first kappa shape index (κ1) is 24.7. The molecule has 0 spiro atoms. The van der Waals surface area contributed by atoms with Crippen LogP contribution < -0.4 is 10.6 Å². The van der Waals surface area contributed by atoms with Crippen LogP contribution in [0.2, 0.25) is 5.02 Å². The first-order valence-electron chi connectivity index (χ1n) is 11.6. The number of phenols is 1. The zero-order valence-corrected chi connectivity index (χ0v) is 20.2. The predicted molar refractivity (Wildman–Crippen MR) is 134 cm³/mol. The van der Waals surface area contributed by atoms with E-state index in [1.807, 2.05) is 13.8 Å². The number of benzene rings is 2. The molecule has 0 saturated heterocycles. The van der Waals surface area contributed by atoms with E-state index in [0.717, 1.165) is 19.3 Å². The second-order valence-corrected chi connectivity index (χ2v) is 9.58. The summed E-state index contributed by atoms with van der Waals surface area (Å²) in [4.78, 5) is 28.9. The van der Waals surface area contributed by atoms with Crippen LogP contribution in [0.5, 0.6) is 5.75 Å². The van der Waals surface area contributed by atoms with Gasteiger partial charge in [0.25, 0.3) is 0 Å². The van der Waals surface area contributed by atoms with Crippen molar-refractivity contribution in [3.8, 4) is 16.9 Å². The number of halogens is 2. The van der Waals surface area contributed by atoms with Gasteiger partial charge in [0.15, 0.2) is 17.3 Å². The Morgan fingerprint density at radius 3 is 2.49 bits per heavy atom. The molecule has 1 amide bonds. The average Bonchev–Trinajstić information content (AvgIpc) is 2.82. The normalized spacial score (nSPS) is 18.0. The quantitative estimate of drug-likeness (QED) is 0.299. The molecule has 1 aromatic heterocycles. The number of carbonyl (C=O) groups excluding carboxylic acids is 1. The molecule has 9 heteroatoms. The van der Waals surface area contributed by atoms with Crippen LogP contribution in [0.3, 0.4) is 0 Å². The molecule has 7 nitrogen and oxygen atoms in total. The van der Waals surface area contributed by atoms with Gasteiger partial charge in [-0.15, -0.1) is 0 Å². The maximum Gasteiger partial charge on any atom is 0.404 e. The number of hydrogen-bond acceptors (Lipinski definition) is 5. The minimum absolute atomic E-state index is 0.0930. The summed E-state index contributed by atoms with van der Waals surface area (Å²) in [6, 6.07) is 7.48. The molecule has 1 fully saturated rings. The number of ketones is 1. The molecule has 1 heterocycles. The van der Waals surface area contributed by atoms with E-state index in [1.165, 1.54) is 12.1 Å². The van der Waals surface area contributed by atoms with Crippen LogP contribution in [0.4, 0.5) is 14.9 Å². The van der Waals surface area contributed by atoms with E-state index in [0.29, 0.717) is 39.7 Å². The van der Waals surface area contributed by atoms with E-state index >= 15 is 0 Å². The molecule has 4 N–H and O–H groups in total. The molecule has 2 aromatic carbocycles. The van der Waals surface area contributed by atoms with Gasteiger partial charge in [-0.1, -0.05) is 44.4 Å². The van der Waals surface area contributed by atoms with Crippen molar-refractivity contribution >= 4 is 40.1 Å². The molecule has 4 rings (SSSR count). The number of Topliss-reactive ketones (excluding diaryl/α,β-unsaturated/α-hetero) is 1. The Morgan fingerprint density at radius 1 is 1.11 bits per heavy atom. The molecule has 2 atom stereocenters. The van der Waals surface area contributed by atoms with Crippen molar-refractivity contribution in [3.63, 3.8) is 0 Å². The van der Waals surface area contributed by atoms with E-state index in [9.17, 15) is 24.2 Å². The number of carbonyl (C=O) groups is 2. The number of anilines is 1. The molecule has 184 valence electrons. The molecular formula is C26H27ClFN3O4. The zero-order chi connectivity index (χ0) is 25.3. The summed E-state index contributed by atoms with van der Waals surface area (Å²) in [5.41, 5.74) is 2.70. The fourth-order valence-corrected chi connectivity index (χ4v) is 4.79. The number of nitrogens with zero attached hydrogens (tertiary/aromatic N) is 1. The third kappa shape index (κ3) is 5.17. The largest absolute Gasteiger partial charge is 0.504 e. The number of fused-ring (bicyclic) bond motifs is 1. The second-order valence-electron chi connectivity index (χ2n) is 9.18. The number of phenolic OH excluding ortho intramolecular Hbond substituents is 1. The zero-order valence-electron chi connectivity index (χ0n) is 19.4. The van der Waals surface area contributed by atoms with E-state index in [1.54, 1.807) is 24.4 Å². The van der Waals surface area contributed by atoms with E-state index < -0.39 is 17.7 Å². The maximum absolute atomic E-state index is 14.2. The van der Waals surface area contributed by atoms with Crippen molar-refractivity contribution in [1.29, 1.82) is 0 Å². The van der Waals surface area contributed by atoms with Gasteiger partial charge in [-0.05, 0) is 48.2 Å². The van der Waals surface area contributed by atoms with Crippen LogP contribution in [-0.2, 0) is 0 Å². The maximum atomic E-state index is 14.2. The first-order chi connectivity index (χ1) is 16.7. The second kappa shape index (κ2) is 10.1. The number of rotatable bonds is 6. The molecule has 1 aliphatic rings. The number of hydrogen-bond donors (Lipinski definition) is 4. The van der Waals surface area contributed by atoms with Gasteiger partial charge in [-0.2, -0.15) is 0 Å². The summed E-state index contributed by atoms with van der Waals surface area (Å²) in [7, 11) is 0. The van der Waals surface area contributed by atoms with Gasteiger partial charge >= 0.3 is 6.09 Å². The van der Waals surface area contributed by atoms with Crippen molar-refractivity contribution in [1.82, 2.24) is 10.3 Å². The number of aromatic hydroxyl groups is 1. The molecule has 2 unspecified atom stereocenters. The standard InChI is InChI=1S/C26H27ClFN3O4/c1-13(2)24(32)17-12-29-20-8-7-14(15-10-18(27)25(33)19(28)11-15)9-16(20)23(17)30-21-5-3-4-6-22(21)31-26(34)35/h7-13,21-22,31,33H,3-6H2,1-2H3,(H,29,30)(H,34,35). The number of amides is 1. The highest BCUT2D eigenvalue weighted by molar-refractivity contribution is 6.32. The molecule has 0 radical (unpaired) electrons. The Labute approximate surface area is 207 Å². The van der Waals surface area contributed by atoms with Gasteiger partial charge in [0.05, 0.1) is 27.8 Å². The molecular weight excluding hydrogens is 473 g/mol. The highest BCUT2D eigenvalue weighted by Crippen LogP contribution is 2.36. The van der Waals surface area contributed by atoms with Crippen molar-refractivity contribution in [2.75, 3.05) is 5.32 Å². The predicted octanol–water partition coefficient (Wildman–Crippen LogP) is 6.23. The Bertz CT molecular complexity index is 1270. The monoisotopic (exact) mass is 499 g/mol. The third-order valence-corrected chi connectivity index (χ3v) is 6.70. The summed E-state index contributed by atoms with van der Waals surface area (Å²) < 4.78 is 14.2. The van der Waals surface area contributed by atoms with Crippen LogP contribution in [0.1, 0.15) is 49.9 Å². The van der Waals surface area contributed by atoms with Crippen molar-refractivity contribution in [2.45, 2.75) is 51.6 Å². The summed E-state index contributed by atoms with van der Waals surface area (Å²) in [6.07, 6.45) is 3.74. The highest BCUT2D eigenvalue weighted by Gasteiger charge is 2.29. The van der Waals surface area contributed by atoms with E-state index in [4.69, 9.17) is 11.6 Å². The van der Waals surface area contributed by atoms with Gasteiger partial charge in [-0.3, -0.25) is 9.78 Å². The van der Waals surface area contributed by atoms with Gasteiger partial charge in [0.2, 0.25) is 0 Å². The molecule has 35 heavy (non-hydrogen) atoms. The Balaban J connectivity index is 1.86. The molecule has 1 saturated carbocycles. The third-order valence-electron chi connectivity index (χ3n) is 6.41. The van der Waals surface area contributed by atoms with Crippen LogP contribution >= 0.6 is 11.6 Å². The lowest BCUT2D eigenvalue weighted by Crippen LogP contribution is -2.48. The average molecular weight is 500 g/mol. The van der Waals surface area contributed by atoms with Crippen LogP contribution in [-0.4, -0.2) is 39.2 Å².